The molecule has 0 radical (unpaired) electrons. The summed E-state index contributed by atoms with van der Waals surface area (Å²) in [5, 5.41) is 0. The molecule has 2 saturated carbocycles. The molecule has 0 aromatic heterocycles. The van der Waals surface area contributed by atoms with Crippen molar-refractivity contribution in [2.75, 3.05) is 13.7 Å². The van der Waals surface area contributed by atoms with Crippen molar-refractivity contribution >= 4 is 17.8 Å². The van der Waals surface area contributed by atoms with Crippen molar-refractivity contribution in [3.05, 3.63) is 24.3 Å². The van der Waals surface area contributed by atoms with Crippen LogP contribution < -0.4 is 9.47 Å². The molecule has 4 rings (SSSR count). The molecule has 0 N–H and O–H groups in total. The molecule has 2 amide bonds. The van der Waals surface area contributed by atoms with E-state index in [1.165, 1.54) is 0 Å². The lowest BCUT2D eigenvalue weighted by atomic mass is 9.81. The maximum atomic E-state index is 12.5. The van der Waals surface area contributed by atoms with Gasteiger partial charge in [0.15, 0.2) is 0 Å². The number of fused-ring (bicyclic) bond motifs is 5. The average molecular weight is 329 g/mol. The Kier molecular flexibility index (Phi) is 3.55. The first kappa shape index (κ1) is 15.2. The van der Waals surface area contributed by atoms with E-state index in [9.17, 15) is 14.4 Å². The van der Waals surface area contributed by atoms with Crippen molar-refractivity contribution in [3.63, 3.8) is 0 Å². The topological polar surface area (TPSA) is 72.9 Å². The number of benzene rings is 1. The molecule has 1 heterocycles. The Balaban J connectivity index is 1.42. The van der Waals surface area contributed by atoms with Gasteiger partial charge in [0, 0.05) is 0 Å². The summed E-state index contributed by atoms with van der Waals surface area (Å²) < 4.78 is 10.3. The molecular formula is C18H19NO5. The Morgan fingerprint density at radius 3 is 2.12 bits per heavy atom. The van der Waals surface area contributed by atoms with Crippen LogP contribution in [0.3, 0.4) is 0 Å². The molecule has 1 aromatic rings. The van der Waals surface area contributed by atoms with Gasteiger partial charge in [0.05, 0.1) is 18.9 Å². The lowest BCUT2D eigenvalue weighted by Gasteiger charge is -2.19. The third-order valence-electron chi connectivity index (χ3n) is 5.60. The zero-order valence-corrected chi connectivity index (χ0v) is 13.4. The number of hydrogen-bond acceptors (Lipinski definition) is 5. The molecule has 0 spiro atoms. The second-order valence-corrected chi connectivity index (χ2v) is 6.80. The summed E-state index contributed by atoms with van der Waals surface area (Å²) in [5.41, 5.74) is 0. The standard InChI is InChI=1S/C18H19NO5/c1-23-12-4-6-13(7-5-12)24-14(20)9-19-17(21)15-10-2-3-11(8-10)16(15)18(19)22/h4-7,10-11,15-16H,2-3,8-9H2,1H3/t10-,11-,15-,16+/m1/s1. The Morgan fingerprint density at radius 1 is 1.04 bits per heavy atom. The molecule has 6 nitrogen and oxygen atoms in total. The minimum absolute atomic E-state index is 0.191. The quantitative estimate of drug-likeness (QED) is 0.477. The van der Waals surface area contributed by atoms with E-state index in [0.29, 0.717) is 23.3 Å². The molecule has 2 bridgehead atoms. The predicted molar refractivity (Wildman–Crippen MR) is 83.2 cm³/mol. The lowest BCUT2D eigenvalue weighted by Crippen LogP contribution is -2.38. The van der Waals surface area contributed by atoms with Gasteiger partial charge in [-0.2, -0.15) is 0 Å². The summed E-state index contributed by atoms with van der Waals surface area (Å²) in [4.78, 5) is 38.3. The van der Waals surface area contributed by atoms with Crippen LogP contribution in [0.25, 0.3) is 0 Å². The monoisotopic (exact) mass is 329 g/mol. The highest BCUT2D eigenvalue weighted by Gasteiger charge is 2.61. The minimum atomic E-state index is -0.603. The van der Waals surface area contributed by atoms with E-state index in [4.69, 9.17) is 9.47 Å². The molecule has 3 fully saturated rings. The van der Waals surface area contributed by atoms with Gasteiger partial charge >= 0.3 is 5.97 Å². The molecule has 4 atom stereocenters. The second kappa shape index (κ2) is 5.61. The van der Waals surface area contributed by atoms with E-state index in [2.05, 4.69) is 0 Å². The average Bonchev–Trinajstić information content (AvgIpc) is 3.25. The van der Waals surface area contributed by atoms with Crippen molar-refractivity contribution in [1.29, 1.82) is 0 Å². The Bertz CT molecular complexity index is 670. The number of esters is 1. The van der Waals surface area contributed by atoms with Gasteiger partial charge in [-0.05, 0) is 55.4 Å². The normalized spacial score (nSPS) is 30.6. The molecule has 6 heteroatoms. The summed E-state index contributed by atoms with van der Waals surface area (Å²) in [6.07, 6.45) is 3.03. The van der Waals surface area contributed by atoms with Crippen molar-refractivity contribution in [1.82, 2.24) is 4.90 Å². The molecule has 1 aliphatic heterocycles. The fourth-order valence-electron chi connectivity index (χ4n) is 4.56. The number of likely N-dealkylation sites (tertiary alicyclic amines) is 1. The van der Waals surface area contributed by atoms with Crippen molar-refractivity contribution in [3.8, 4) is 11.5 Å². The maximum absolute atomic E-state index is 12.5. The molecule has 1 saturated heterocycles. The van der Waals surface area contributed by atoms with Gasteiger partial charge in [-0.25, -0.2) is 4.79 Å². The lowest BCUT2D eigenvalue weighted by molar-refractivity contribution is -0.148. The first-order valence-corrected chi connectivity index (χ1v) is 8.28. The summed E-state index contributed by atoms with van der Waals surface area (Å²) in [7, 11) is 1.55. The maximum Gasteiger partial charge on any atom is 0.331 e. The van der Waals surface area contributed by atoms with Crippen LogP contribution in [-0.4, -0.2) is 36.3 Å². The first-order chi connectivity index (χ1) is 11.6. The first-order valence-electron chi connectivity index (χ1n) is 8.28. The number of methoxy groups -OCH3 is 1. The van der Waals surface area contributed by atoms with Gasteiger partial charge in [0.2, 0.25) is 11.8 Å². The van der Waals surface area contributed by atoms with E-state index < -0.39 is 5.97 Å². The molecular weight excluding hydrogens is 310 g/mol. The molecule has 3 aliphatic rings. The molecule has 126 valence electrons. The minimum Gasteiger partial charge on any atom is -0.497 e. The van der Waals surface area contributed by atoms with E-state index >= 15 is 0 Å². The zero-order chi connectivity index (χ0) is 16.8. The van der Waals surface area contributed by atoms with Crippen LogP contribution in [0.4, 0.5) is 0 Å². The number of amides is 2. The third kappa shape index (κ3) is 2.28. The fourth-order valence-corrected chi connectivity index (χ4v) is 4.56. The van der Waals surface area contributed by atoms with Crippen molar-refractivity contribution in [2.24, 2.45) is 23.7 Å². The highest BCUT2D eigenvalue weighted by molar-refractivity contribution is 6.07. The molecule has 2 aliphatic carbocycles. The number of ether oxygens (including phenoxy) is 2. The van der Waals surface area contributed by atoms with Crippen LogP contribution >= 0.6 is 0 Å². The Morgan fingerprint density at radius 2 is 1.58 bits per heavy atom. The van der Waals surface area contributed by atoms with Gasteiger partial charge in [-0.1, -0.05) is 0 Å². The van der Waals surface area contributed by atoms with Gasteiger partial charge < -0.3 is 9.47 Å². The van der Waals surface area contributed by atoms with Gasteiger partial charge in [-0.3, -0.25) is 14.5 Å². The third-order valence-corrected chi connectivity index (χ3v) is 5.60. The Labute approximate surface area is 139 Å². The van der Waals surface area contributed by atoms with Gasteiger partial charge in [0.25, 0.3) is 0 Å². The van der Waals surface area contributed by atoms with Crippen LogP contribution in [0.1, 0.15) is 19.3 Å². The van der Waals surface area contributed by atoms with Crippen molar-refractivity contribution in [2.45, 2.75) is 19.3 Å². The summed E-state index contributed by atoms with van der Waals surface area (Å²) in [6, 6.07) is 6.58. The SMILES string of the molecule is COc1ccc(OC(=O)CN2C(=O)[C@@H]3[C@@H]4CC[C@H](C4)[C@@H]3C2=O)cc1. The summed E-state index contributed by atoms with van der Waals surface area (Å²) >= 11 is 0. The van der Waals surface area contributed by atoms with Crippen LogP contribution in [0, 0.1) is 23.7 Å². The zero-order valence-electron chi connectivity index (χ0n) is 13.4. The van der Waals surface area contributed by atoms with Gasteiger partial charge in [-0.15, -0.1) is 0 Å². The van der Waals surface area contributed by atoms with Crippen LogP contribution in [0.2, 0.25) is 0 Å². The van der Waals surface area contributed by atoms with Crippen LogP contribution in [0.5, 0.6) is 11.5 Å². The smallest absolute Gasteiger partial charge is 0.331 e. The highest BCUT2D eigenvalue weighted by Crippen LogP contribution is 2.56. The van der Waals surface area contributed by atoms with Gasteiger partial charge in [0.1, 0.15) is 18.0 Å². The van der Waals surface area contributed by atoms with E-state index in [-0.39, 0.29) is 30.2 Å². The number of rotatable bonds is 4. The van der Waals surface area contributed by atoms with Crippen LogP contribution in [0.15, 0.2) is 24.3 Å². The van der Waals surface area contributed by atoms with E-state index in [1.54, 1.807) is 31.4 Å². The van der Waals surface area contributed by atoms with Crippen molar-refractivity contribution < 1.29 is 23.9 Å². The fraction of sp³-hybridized carbons (Fsp3) is 0.500. The summed E-state index contributed by atoms with van der Waals surface area (Å²) in [5.74, 6) is 0.262. The van der Waals surface area contributed by atoms with E-state index in [1.807, 2.05) is 0 Å². The number of carbonyl (C=O) groups excluding carboxylic acids is 3. The molecule has 0 unspecified atom stereocenters. The van der Waals surface area contributed by atoms with E-state index in [0.717, 1.165) is 24.2 Å². The number of hydrogen-bond donors (Lipinski definition) is 0. The number of carbonyl (C=O) groups is 3. The highest BCUT2D eigenvalue weighted by atomic mass is 16.5. The molecule has 1 aromatic carbocycles. The Hall–Kier alpha value is -2.37. The molecule has 24 heavy (non-hydrogen) atoms. The largest absolute Gasteiger partial charge is 0.497 e. The van der Waals surface area contributed by atoms with Crippen LogP contribution in [-0.2, 0) is 14.4 Å². The second-order valence-electron chi connectivity index (χ2n) is 6.80. The summed E-state index contributed by atoms with van der Waals surface area (Å²) in [6.45, 7) is -0.309. The number of nitrogens with zero attached hydrogens (tertiary/aromatic N) is 1. The predicted octanol–water partition coefficient (Wildman–Crippen LogP) is 1.63. The number of imide groups is 1.